The summed E-state index contributed by atoms with van der Waals surface area (Å²) in [5.41, 5.74) is 2.90. The van der Waals surface area contributed by atoms with Crippen LogP contribution in [-0.2, 0) is 4.79 Å². The zero-order chi connectivity index (χ0) is 16.4. The molecule has 0 aliphatic carbocycles. The summed E-state index contributed by atoms with van der Waals surface area (Å²) in [6.45, 7) is 2.39. The Hall–Kier alpha value is -2.33. The number of carbonyl (C=O) groups is 1. The Bertz CT molecular complexity index is 772. The van der Waals surface area contributed by atoms with Gasteiger partial charge in [0.2, 0.25) is 5.91 Å². The standard InChI is InChI=1S/C18H17ClN2O2/c1-12-8-16(23-11-17-20-10-18(22)21(17)2)14(9-15(12)19)13-6-4-3-5-7-13/h3-9H,10-11H2,1-2H3. The highest BCUT2D eigenvalue weighted by molar-refractivity contribution is 6.31. The zero-order valence-electron chi connectivity index (χ0n) is 13.0. The first kappa shape index (κ1) is 15.6. The van der Waals surface area contributed by atoms with Gasteiger partial charge >= 0.3 is 0 Å². The molecule has 3 rings (SSSR count). The van der Waals surface area contributed by atoms with Crippen LogP contribution in [0.1, 0.15) is 5.56 Å². The predicted molar refractivity (Wildman–Crippen MR) is 92.2 cm³/mol. The van der Waals surface area contributed by atoms with Crippen molar-refractivity contribution in [3.8, 4) is 16.9 Å². The van der Waals surface area contributed by atoms with Crippen LogP contribution in [0, 0.1) is 6.92 Å². The van der Waals surface area contributed by atoms with E-state index in [1.165, 1.54) is 4.90 Å². The summed E-state index contributed by atoms with van der Waals surface area (Å²) in [4.78, 5) is 17.3. The lowest BCUT2D eigenvalue weighted by Crippen LogP contribution is -2.31. The molecule has 23 heavy (non-hydrogen) atoms. The highest BCUT2D eigenvalue weighted by Gasteiger charge is 2.22. The summed E-state index contributed by atoms with van der Waals surface area (Å²) in [5.74, 6) is 1.36. The van der Waals surface area contributed by atoms with Crippen LogP contribution < -0.4 is 4.74 Å². The molecular formula is C18H17ClN2O2. The van der Waals surface area contributed by atoms with Crippen LogP contribution in [0.3, 0.4) is 0 Å². The van der Waals surface area contributed by atoms with Crippen LogP contribution in [0.4, 0.5) is 0 Å². The van der Waals surface area contributed by atoms with Crippen LogP contribution >= 0.6 is 11.6 Å². The second-order valence-corrected chi connectivity index (χ2v) is 5.84. The minimum absolute atomic E-state index is 0.0147. The number of amidine groups is 1. The predicted octanol–water partition coefficient (Wildman–Crippen LogP) is 3.56. The largest absolute Gasteiger partial charge is 0.485 e. The second-order valence-electron chi connectivity index (χ2n) is 5.44. The average molecular weight is 329 g/mol. The van der Waals surface area contributed by atoms with Gasteiger partial charge in [0.1, 0.15) is 24.7 Å². The first-order valence-corrected chi connectivity index (χ1v) is 7.72. The fourth-order valence-corrected chi connectivity index (χ4v) is 2.58. The van der Waals surface area contributed by atoms with E-state index in [0.717, 1.165) is 22.4 Å². The summed E-state index contributed by atoms with van der Waals surface area (Å²) < 4.78 is 5.95. The number of nitrogens with zero attached hydrogens (tertiary/aromatic N) is 2. The minimum atomic E-state index is -0.0147. The smallest absolute Gasteiger partial charge is 0.249 e. The van der Waals surface area contributed by atoms with Crippen molar-refractivity contribution in [2.45, 2.75) is 6.92 Å². The fourth-order valence-electron chi connectivity index (χ4n) is 2.42. The van der Waals surface area contributed by atoms with Gasteiger partial charge in [-0.15, -0.1) is 0 Å². The molecule has 0 fully saturated rings. The quantitative estimate of drug-likeness (QED) is 0.861. The van der Waals surface area contributed by atoms with Crippen molar-refractivity contribution >= 4 is 23.3 Å². The lowest BCUT2D eigenvalue weighted by molar-refractivity contribution is -0.124. The van der Waals surface area contributed by atoms with Gasteiger partial charge in [-0.05, 0) is 30.2 Å². The minimum Gasteiger partial charge on any atom is -0.485 e. The molecular weight excluding hydrogens is 312 g/mol. The number of hydrogen-bond donors (Lipinski definition) is 0. The molecule has 0 saturated carbocycles. The summed E-state index contributed by atoms with van der Waals surface area (Å²) in [6, 6.07) is 13.8. The van der Waals surface area contributed by atoms with E-state index in [2.05, 4.69) is 4.99 Å². The maximum atomic E-state index is 11.5. The molecule has 1 aliphatic rings. The maximum Gasteiger partial charge on any atom is 0.249 e. The molecule has 1 aliphatic heterocycles. The van der Waals surface area contributed by atoms with Crippen LogP contribution in [0.2, 0.25) is 5.02 Å². The molecule has 4 nitrogen and oxygen atoms in total. The van der Waals surface area contributed by atoms with Crippen molar-refractivity contribution in [3.05, 3.63) is 53.1 Å². The number of aliphatic imine (C=N–C) groups is 1. The van der Waals surface area contributed by atoms with Gasteiger partial charge < -0.3 is 4.74 Å². The average Bonchev–Trinajstić information content (AvgIpc) is 2.88. The van der Waals surface area contributed by atoms with Crippen LogP contribution in [0.25, 0.3) is 11.1 Å². The Kier molecular flexibility index (Phi) is 4.35. The molecule has 0 saturated heterocycles. The monoisotopic (exact) mass is 328 g/mol. The summed E-state index contributed by atoms with van der Waals surface area (Å²) >= 11 is 6.27. The van der Waals surface area contributed by atoms with E-state index in [4.69, 9.17) is 16.3 Å². The van der Waals surface area contributed by atoms with Gasteiger partial charge in [-0.25, -0.2) is 0 Å². The number of ether oxygens (including phenoxy) is 1. The summed E-state index contributed by atoms with van der Waals surface area (Å²) in [5, 5.41) is 0.696. The number of halogens is 1. The van der Waals surface area contributed by atoms with E-state index < -0.39 is 0 Å². The Balaban J connectivity index is 1.89. The maximum absolute atomic E-state index is 11.5. The van der Waals surface area contributed by atoms with E-state index in [1.54, 1.807) is 7.05 Å². The number of amides is 1. The molecule has 0 spiro atoms. The first-order chi connectivity index (χ1) is 11.1. The van der Waals surface area contributed by atoms with Crippen LogP contribution in [-0.4, -0.2) is 36.8 Å². The molecule has 0 radical (unpaired) electrons. The Morgan fingerprint density at radius 3 is 2.65 bits per heavy atom. The third-order valence-corrected chi connectivity index (χ3v) is 4.27. The molecule has 0 atom stereocenters. The SMILES string of the molecule is Cc1cc(OCC2=NCC(=O)N2C)c(-c2ccccc2)cc1Cl. The Morgan fingerprint density at radius 2 is 2.00 bits per heavy atom. The third-order valence-electron chi connectivity index (χ3n) is 3.86. The van der Waals surface area contributed by atoms with Crippen molar-refractivity contribution in [1.29, 1.82) is 0 Å². The third kappa shape index (κ3) is 3.22. The number of carbonyl (C=O) groups excluding carboxylic acids is 1. The molecule has 0 aromatic heterocycles. The summed E-state index contributed by atoms with van der Waals surface area (Å²) in [7, 11) is 1.71. The first-order valence-electron chi connectivity index (χ1n) is 7.34. The zero-order valence-corrected chi connectivity index (χ0v) is 13.8. The van der Waals surface area contributed by atoms with Crippen molar-refractivity contribution in [1.82, 2.24) is 4.90 Å². The van der Waals surface area contributed by atoms with Crippen molar-refractivity contribution in [2.24, 2.45) is 4.99 Å². The van der Waals surface area contributed by atoms with Gasteiger partial charge in [-0.2, -0.15) is 0 Å². The molecule has 1 heterocycles. The van der Waals surface area contributed by atoms with E-state index in [-0.39, 0.29) is 19.1 Å². The molecule has 1 amide bonds. The van der Waals surface area contributed by atoms with Crippen molar-refractivity contribution in [2.75, 3.05) is 20.2 Å². The fraction of sp³-hybridized carbons (Fsp3) is 0.222. The lowest BCUT2D eigenvalue weighted by Gasteiger charge is -2.16. The molecule has 0 unspecified atom stereocenters. The Labute approximate surface area is 140 Å². The molecule has 0 bridgehead atoms. The molecule has 2 aromatic carbocycles. The topological polar surface area (TPSA) is 41.9 Å². The second kappa shape index (κ2) is 6.42. The van der Waals surface area contributed by atoms with E-state index in [1.807, 2.05) is 49.4 Å². The van der Waals surface area contributed by atoms with Crippen LogP contribution in [0.5, 0.6) is 5.75 Å². The summed E-state index contributed by atoms with van der Waals surface area (Å²) in [6.07, 6.45) is 0. The molecule has 0 N–H and O–H groups in total. The normalized spacial score (nSPS) is 14.1. The highest BCUT2D eigenvalue weighted by atomic mass is 35.5. The Morgan fingerprint density at radius 1 is 1.26 bits per heavy atom. The molecule has 2 aromatic rings. The van der Waals surface area contributed by atoms with E-state index in [0.29, 0.717) is 10.9 Å². The van der Waals surface area contributed by atoms with Gasteiger partial charge in [0.15, 0.2) is 0 Å². The number of likely N-dealkylation sites (N-methyl/N-ethyl adjacent to an activating group) is 1. The van der Waals surface area contributed by atoms with E-state index in [9.17, 15) is 4.79 Å². The van der Waals surface area contributed by atoms with Crippen LogP contribution in [0.15, 0.2) is 47.5 Å². The van der Waals surface area contributed by atoms with Gasteiger partial charge in [-0.3, -0.25) is 14.7 Å². The number of benzene rings is 2. The van der Waals surface area contributed by atoms with Gasteiger partial charge in [0.25, 0.3) is 0 Å². The van der Waals surface area contributed by atoms with Gasteiger partial charge in [0, 0.05) is 17.6 Å². The molecule has 5 heteroatoms. The molecule has 118 valence electrons. The highest BCUT2D eigenvalue weighted by Crippen LogP contribution is 2.34. The van der Waals surface area contributed by atoms with Crippen molar-refractivity contribution in [3.63, 3.8) is 0 Å². The number of aryl methyl sites for hydroxylation is 1. The number of rotatable bonds is 4. The number of hydrogen-bond acceptors (Lipinski definition) is 3. The van der Waals surface area contributed by atoms with Crippen molar-refractivity contribution < 1.29 is 9.53 Å². The van der Waals surface area contributed by atoms with Gasteiger partial charge in [0.05, 0.1) is 0 Å². The van der Waals surface area contributed by atoms with Gasteiger partial charge in [-0.1, -0.05) is 41.9 Å². The van der Waals surface area contributed by atoms with E-state index >= 15 is 0 Å². The lowest BCUT2D eigenvalue weighted by atomic mass is 10.0.